The predicted molar refractivity (Wildman–Crippen MR) is 69.7 cm³/mol. The topological polar surface area (TPSA) is 30.3 Å². The number of rotatable bonds is 3. The lowest BCUT2D eigenvalue weighted by Crippen LogP contribution is -2.48. The number of piperidine rings is 2. The van der Waals surface area contributed by atoms with Crippen molar-refractivity contribution in [2.45, 2.75) is 45.1 Å². The monoisotopic (exact) mass is 235 g/mol. The minimum absolute atomic E-state index is 0.289. The summed E-state index contributed by atoms with van der Waals surface area (Å²) in [6, 6.07) is 3.20. The molecule has 3 heteroatoms. The zero-order valence-corrected chi connectivity index (χ0v) is 11.1. The summed E-state index contributed by atoms with van der Waals surface area (Å²) >= 11 is 0. The quantitative estimate of drug-likeness (QED) is 0.750. The highest BCUT2D eigenvalue weighted by molar-refractivity contribution is 4.91. The van der Waals surface area contributed by atoms with Gasteiger partial charge in [-0.05, 0) is 58.3 Å². The Morgan fingerprint density at radius 2 is 1.94 bits per heavy atom. The molecule has 2 aliphatic rings. The second kappa shape index (κ2) is 6.37. The van der Waals surface area contributed by atoms with Crippen molar-refractivity contribution in [1.29, 1.82) is 5.26 Å². The van der Waals surface area contributed by atoms with Crippen LogP contribution < -0.4 is 0 Å². The van der Waals surface area contributed by atoms with Crippen LogP contribution in [0.1, 0.15) is 39.0 Å². The van der Waals surface area contributed by atoms with Crippen LogP contribution in [0.3, 0.4) is 0 Å². The van der Waals surface area contributed by atoms with Crippen LogP contribution in [-0.2, 0) is 0 Å². The second-order valence-corrected chi connectivity index (χ2v) is 5.54. The van der Waals surface area contributed by atoms with Gasteiger partial charge >= 0.3 is 0 Å². The lowest BCUT2D eigenvalue weighted by molar-refractivity contribution is 0.0815. The van der Waals surface area contributed by atoms with E-state index in [2.05, 4.69) is 22.8 Å². The van der Waals surface area contributed by atoms with Crippen LogP contribution in [0.4, 0.5) is 0 Å². The van der Waals surface area contributed by atoms with Crippen molar-refractivity contribution in [3.05, 3.63) is 0 Å². The summed E-state index contributed by atoms with van der Waals surface area (Å²) in [6.07, 6.45) is 6.20. The summed E-state index contributed by atoms with van der Waals surface area (Å²) in [5.41, 5.74) is 0. The van der Waals surface area contributed by atoms with E-state index in [9.17, 15) is 0 Å². The van der Waals surface area contributed by atoms with E-state index in [1.54, 1.807) is 0 Å². The van der Waals surface area contributed by atoms with Gasteiger partial charge in [0, 0.05) is 12.6 Å². The van der Waals surface area contributed by atoms with Crippen molar-refractivity contribution in [2.75, 3.05) is 32.7 Å². The largest absolute Gasteiger partial charge is 0.303 e. The first-order valence-electron chi connectivity index (χ1n) is 7.19. The van der Waals surface area contributed by atoms with Crippen molar-refractivity contribution in [3.63, 3.8) is 0 Å². The fraction of sp³-hybridized carbons (Fsp3) is 0.929. The van der Waals surface area contributed by atoms with E-state index in [4.69, 9.17) is 5.26 Å². The zero-order chi connectivity index (χ0) is 12.1. The third kappa shape index (κ3) is 3.43. The van der Waals surface area contributed by atoms with E-state index < -0.39 is 0 Å². The molecule has 2 fully saturated rings. The van der Waals surface area contributed by atoms with Crippen molar-refractivity contribution >= 4 is 0 Å². The summed E-state index contributed by atoms with van der Waals surface area (Å²) in [5, 5.41) is 9.03. The maximum atomic E-state index is 9.03. The third-order valence-electron chi connectivity index (χ3n) is 4.25. The summed E-state index contributed by atoms with van der Waals surface area (Å²) in [7, 11) is 0. The molecule has 1 unspecified atom stereocenters. The van der Waals surface area contributed by atoms with Crippen LogP contribution in [0.25, 0.3) is 0 Å². The Balaban J connectivity index is 1.78. The number of nitriles is 1. The molecule has 0 radical (unpaired) electrons. The molecule has 0 bridgehead atoms. The smallest absolute Gasteiger partial charge is 0.0669 e. The summed E-state index contributed by atoms with van der Waals surface area (Å²) in [6.45, 7) is 8.27. The second-order valence-electron chi connectivity index (χ2n) is 5.54. The molecule has 0 aromatic heterocycles. The van der Waals surface area contributed by atoms with E-state index in [1.165, 1.54) is 51.9 Å². The predicted octanol–water partition coefficient (Wildman–Crippen LogP) is 2.10. The lowest BCUT2D eigenvalue weighted by Gasteiger charge is -2.41. The average molecular weight is 235 g/mol. The molecule has 17 heavy (non-hydrogen) atoms. The summed E-state index contributed by atoms with van der Waals surface area (Å²) in [5.74, 6) is 0.289. The van der Waals surface area contributed by atoms with Gasteiger partial charge in [0.15, 0.2) is 0 Å². The SMILES string of the molecule is CCCN1CCC(N2CCCC(C#N)C2)CC1. The molecular weight excluding hydrogens is 210 g/mol. The van der Waals surface area contributed by atoms with Crippen LogP contribution in [0.15, 0.2) is 0 Å². The van der Waals surface area contributed by atoms with E-state index >= 15 is 0 Å². The first-order valence-corrected chi connectivity index (χ1v) is 7.19. The van der Waals surface area contributed by atoms with Crippen LogP contribution in [0.2, 0.25) is 0 Å². The van der Waals surface area contributed by atoms with E-state index in [-0.39, 0.29) is 5.92 Å². The fourth-order valence-electron chi connectivity index (χ4n) is 3.27. The Morgan fingerprint density at radius 1 is 1.18 bits per heavy atom. The van der Waals surface area contributed by atoms with Crippen molar-refractivity contribution < 1.29 is 0 Å². The average Bonchev–Trinajstić information content (AvgIpc) is 2.40. The van der Waals surface area contributed by atoms with Gasteiger partial charge in [0.2, 0.25) is 0 Å². The van der Waals surface area contributed by atoms with E-state index in [1.807, 2.05) is 0 Å². The minimum Gasteiger partial charge on any atom is -0.303 e. The molecule has 0 aromatic rings. The van der Waals surface area contributed by atoms with Gasteiger partial charge in [0.1, 0.15) is 0 Å². The van der Waals surface area contributed by atoms with Crippen molar-refractivity contribution in [2.24, 2.45) is 5.92 Å². The maximum absolute atomic E-state index is 9.03. The van der Waals surface area contributed by atoms with Gasteiger partial charge in [0.25, 0.3) is 0 Å². The van der Waals surface area contributed by atoms with Gasteiger partial charge < -0.3 is 4.90 Å². The fourth-order valence-corrected chi connectivity index (χ4v) is 3.27. The molecule has 2 saturated heterocycles. The zero-order valence-electron chi connectivity index (χ0n) is 11.1. The number of nitrogens with zero attached hydrogens (tertiary/aromatic N) is 3. The highest BCUT2D eigenvalue weighted by Crippen LogP contribution is 2.23. The minimum atomic E-state index is 0.289. The molecule has 96 valence electrons. The third-order valence-corrected chi connectivity index (χ3v) is 4.25. The molecule has 0 spiro atoms. The Morgan fingerprint density at radius 3 is 2.59 bits per heavy atom. The van der Waals surface area contributed by atoms with Gasteiger partial charge in [-0.25, -0.2) is 0 Å². The molecule has 2 aliphatic heterocycles. The van der Waals surface area contributed by atoms with Gasteiger partial charge in [0.05, 0.1) is 12.0 Å². The lowest BCUT2D eigenvalue weighted by atomic mass is 9.95. The Hall–Kier alpha value is -0.590. The Labute approximate surface area is 105 Å². The maximum Gasteiger partial charge on any atom is 0.0669 e. The van der Waals surface area contributed by atoms with Crippen LogP contribution in [0, 0.1) is 17.2 Å². The summed E-state index contributed by atoms with van der Waals surface area (Å²) in [4.78, 5) is 5.17. The summed E-state index contributed by atoms with van der Waals surface area (Å²) < 4.78 is 0. The normalized spacial score (nSPS) is 29.1. The number of likely N-dealkylation sites (tertiary alicyclic amines) is 2. The van der Waals surface area contributed by atoms with Gasteiger partial charge in [-0.1, -0.05) is 6.92 Å². The van der Waals surface area contributed by atoms with E-state index in [0.29, 0.717) is 0 Å². The van der Waals surface area contributed by atoms with Gasteiger partial charge in [-0.2, -0.15) is 5.26 Å². The van der Waals surface area contributed by atoms with Crippen molar-refractivity contribution in [3.8, 4) is 6.07 Å². The molecule has 2 rings (SSSR count). The molecule has 0 amide bonds. The highest BCUT2D eigenvalue weighted by atomic mass is 15.2. The van der Waals surface area contributed by atoms with Gasteiger partial charge in [-0.15, -0.1) is 0 Å². The van der Waals surface area contributed by atoms with Crippen LogP contribution in [-0.4, -0.2) is 48.6 Å². The first kappa shape index (κ1) is 12.9. The molecule has 3 nitrogen and oxygen atoms in total. The molecule has 0 N–H and O–H groups in total. The molecule has 0 aromatic carbocycles. The molecule has 2 heterocycles. The number of hydrogen-bond acceptors (Lipinski definition) is 3. The van der Waals surface area contributed by atoms with Crippen LogP contribution >= 0.6 is 0 Å². The Kier molecular flexibility index (Phi) is 4.82. The number of hydrogen-bond donors (Lipinski definition) is 0. The first-order chi connectivity index (χ1) is 8.33. The van der Waals surface area contributed by atoms with Crippen molar-refractivity contribution in [1.82, 2.24) is 9.80 Å². The molecule has 0 aliphatic carbocycles. The van der Waals surface area contributed by atoms with Gasteiger partial charge in [-0.3, -0.25) is 4.90 Å². The molecular formula is C14H25N3. The van der Waals surface area contributed by atoms with E-state index in [0.717, 1.165) is 19.0 Å². The Bertz CT molecular complexity index is 263. The molecule has 0 saturated carbocycles. The molecule has 1 atom stereocenters. The van der Waals surface area contributed by atoms with Crippen LogP contribution in [0.5, 0.6) is 0 Å². The standard InChI is InChI=1S/C14H25N3/c1-2-7-16-9-5-14(6-10-16)17-8-3-4-13(11-15)12-17/h13-14H,2-10,12H2,1H3. The highest BCUT2D eigenvalue weighted by Gasteiger charge is 2.28.